The van der Waals surface area contributed by atoms with Crippen molar-refractivity contribution in [3.8, 4) is 17.2 Å². The fourth-order valence-electron chi connectivity index (χ4n) is 4.85. The molecule has 10 heteroatoms. The van der Waals surface area contributed by atoms with Crippen LogP contribution in [0.5, 0.6) is 17.2 Å². The molecule has 0 saturated heterocycles. The number of hydrogen-bond acceptors (Lipinski definition) is 5. The number of halogens is 3. The van der Waals surface area contributed by atoms with E-state index in [0.29, 0.717) is 40.8 Å². The number of nitrogens with zero attached hydrogens (tertiary/aromatic N) is 2. The maximum atomic E-state index is 13.3. The minimum Gasteiger partial charge on any atom is -0.497 e. The van der Waals surface area contributed by atoms with Gasteiger partial charge in [-0.05, 0) is 53.1 Å². The Morgan fingerprint density at radius 3 is 2.33 bits per heavy atom. The molecular formula is C33H30F3N3O4. The minimum atomic E-state index is -4.47. The van der Waals surface area contributed by atoms with Gasteiger partial charge in [-0.1, -0.05) is 42.5 Å². The van der Waals surface area contributed by atoms with Crippen LogP contribution in [-0.2, 0) is 24.1 Å². The zero-order valence-electron chi connectivity index (χ0n) is 23.6. The van der Waals surface area contributed by atoms with Crippen molar-refractivity contribution in [2.75, 3.05) is 14.2 Å². The summed E-state index contributed by atoms with van der Waals surface area (Å²) in [7, 11) is 3.08. The molecule has 1 atom stereocenters. The van der Waals surface area contributed by atoms with Crippen molar-refractivity contribution >= 4 is 11.6 Å². The predicted molar refractivity (Wildman–Crippen MR) is 155 cm³/mol. The number of rotatable bonds is 11. The molecule has 0 bridgehead atoms. The second kappa shape index (κ2) is 12.9. The highest BCUT2D eigenvalue weighted by molar-refractivity contribution is 5.77. The number of carbonyl (C=O) groups excluding carboxylic acids is 1. The van der Waals surface area contributed by atoms with Crippen molar-refractivity contribution in [2.45, 2.75) is 31.7 Å². The average molecular weight is 590 g/mol. The molecule has 0 spiro atoms. The van der Waals surface area contributed by atoms with Gasteiger partial charge in [0.25, 0.3) is 0 Å². The summed E-state index contributed by atoms with van der Waals surface area (Å²) in [5.74, 6) is 0.808. The summed E-state index contributed by atoms with van der Waals surface area (Å²) >= 11 is 0. The van der Waals surface area contributed by atoms with Gasteiger partial charge in [0.1, 0.15) is 18.1 Å². The molecule has 0 aliphatic carbocycles. The summed E-state index contributed by atoms with van der Waals surface area (Å²) in [6.45, 7) is 0.304. The molecule has 5 aromatic rings. The lowest BCUT2D eigenvalue weighted by Gasteiger charge is -2.19. The van der Waals surface area contributed by atoms with Crippen molar-refractivity contribution in [2.24, 2.45) is 0 Å². The van der Waals surface area contributed by atoms with E-state index in [4.69, 9.17) is 14.2 Å². The van der Waals surface area contributed by atoms with E-state index in [0.717, 1.165) is 23.3 Å². The highest BCUT2D eigenvalue weighted by Gasteiger charge is 2.30. The minimum absolute atomic E-state index is 0.0157. The number of benzene rings is 3. The number of fused-ring (bicyclic) bond motifs is 1. The fraction of sp³-hybridized carbons (Fsp3) is 0.212. The standard InChI is InChI=1S/C33H30F3N3O4/c1-41-26-15-24(16-27(17-26)42-2)28(18-31(40)37-19-23-10-6-11-25(14-23)33(34,35)36)29-20-38-32-30(12-7-13-39(29)32)43-21-22-8-4-3-5-9-22/h3-17,20,28H,18-19,21H2,1-2H3,(H,37,40). The normalized spacial score (nSPS) is 12.1. The molecule has 43 heavy (non-hydrogen) atoms. The van der Waals surface area contributed by atoms with Crippen molar-refractivity contribution in [1.29, 1.82) is 0 Å². The van der Waals surface area contributed by atoms with Crippen LogP contribution in [0.25, 0.3) is 5.65 Å². The van der Waals surface area contributed by atoms with Crippen LogP contribution in [0.15, 0.2) is 97.3 Å². The lowest BCUT2D eigenvalue weighted by molar-refractivity contribution is -0.137. The number of amides is 1. The van der Waals surface area contributed by atoms with Crippen LogP contribution in [0, 0.1) is 0 Å². The molecule has 0 aliphatic heterocycles. The lowest BCUT2D eigenvalue weighted by atomic mass is 9.91. The van der Waals surface area contributed by atoms with Crippen molar-refractivity contribution in [3.63, 3.8) is 0 Å². The second-order valence-corrected chi connectivity index (χ2v) is 9.90. The Labute approximate surface area is 246 Å². The summed E-state index contributed by atoms with van der Waals surface area (Å²) in [6.07, 6.45) is -0.944. The largest absolute Gasteiger partial charge is 0.497 e. The van der Waals surface area contributed by atoms with E-state index in [-0.39, 0.29) is 18.9 Å². The van der Waals surface area contributed by atoms with Gasteiger partial charge in [0.05, 0.1) is 25.5 Å². The van der Waals surface area contributed by atoms with Crippen LogP contribution >= 0.6 is 0 Å². The summed E-state index contributed by atoms with van der Waals surface area (Å²) in [4.78, 5) is 17.9. The van der Waals surface area contributed by atoms with Gasteiger partial charge in [0, 0.05) is 37.3 Å². The average Bonchev–Trinajstić information content (AvgIpc) is 3.46. The molecule has 3 aromatic carbocycles. The van der Waals surface area contributed by atoms with Gasteiger partial charge in [-0.2, -0.15) is 13.2 Å². The number of carbonyl (C=O) groups is 1. The third kappa shape index (κ3) is 7.09. The second-order valence-electron chi connectivity index (χ2n) is 9.90. The molecule has 1 N–H and O–H groups in total. The van der Waals surface area contributed by atoms with E-state index in [1.54, 1.807) is 32.5 Å². The smallest absolute Gasteiger partial charge is 0.416 e. The number of imidazole rings is 1. The summed E-state index contributed by atoms with van der Waals surface area (Å²) < 4.78 is 58.4. The van der Waals surface area contributed by atoms with Gasteiger partial charge in [-0.3, -0.25) is 4.79 Å². The fourth-order valence-corrected chi connectivity index (χ4v) is 4.85. The van der Waals surface area contributed by atoms with Crippen molar-refractivity contribution in [3.05, 3.63) is 125 Å². The van der Waals surface area contributed by atoms with Gasteiger partial charge >= 0.3 is 6.18 Å². The van der Waals surface area contributed by atoms with Crippen LogP contribution in [0.3, 0.4) is 0 Å². The van der Waals surface area contributed by atoms with Crippen LogP contribution < -0.4 is 19.5 Å². The van der Waals surface area contributed by atoms with Crippen LogP contribution in [0.4, 0.5) is 13.2 Å². The Morgan fingerprint density at radius 1 is 0.907 bits per heavy atom. The van der Waals surface area contributed by atoms with Crippen LogP contribution in [-0.4, -0.2) is 29.5 Å². The molecule has 2 heterocycles. The Morgan fingerprint density at radius 2 is 1.63 bits per heavy atom. The molecule has 0 aliphatic rings. The Balaban J connectivity index is 1.44. The predicted octanol–water partition coefficient (Wildman–Crippen LogP) is 6.79. The highest BCUT2D eigenvalue weighted by atomic mass is 19.4. The lowest BCUT2D eigenvalue weighted by Crippen LogP contribution is -2.25. The van der Waals surface area contributed by atoms with E-state index >= 15 is 0 Å². The summed E-state index contributed by atoms with van der Waals surface area (Å²) in [5, 5.41) is 2.77. The zero-order valence-corrected chi connectivity index (χ0v) is 23.6. The molecule has 0 fully saturated rings. The van der Waals surface area contributed by atoms with Crippen molar-refractivity contribution in [1.82, 2.24) is 14.7 Å². The third-order valence-corrected chi connectivity index (χ3v) is 7.03. The van der Waals surface area contributed by atoms with Crippen LogP contribution in [0.2, 0.25) is 0 Å². The Bertz CT molecular complexity index is 1680. The number of ether oxygens (including phenoxy) is 3. The number of methoxy groups -OCH3 is 2. The maximum absolute atomic E-state index is 13.3. The van der Waals surface area contributed by atoms with E-state index in [1.807, 2.05) is 65.2 Å². The summed E-state index contributed by atoms with van der Waals surface area (Å²) in [5.41, 5.74) is 2.62. The van der Waals surface area contributed by atoms with Gasteiger partial charge in [-0.15, -0.1) is 0 Å². The van der Waals surface area contributed by atoms with Crippen LogP contribution in [0.1, 0.15) is 40.3 Å². The molecule has 7 nitrogen and oxygen atoms in total. The first kappa shape index (κ1) is 29.5. The molecule has 1 unspecified atom stereocenters. The van der Waals surface area contributed by atoms with E-state index < -0.39 is 17.7 Å². The zero-order chi connectivity index (χ0) is 30.4. The van der Waals surface area contributed by atoms with E-state index in [1.165, 1.54) is 6.07 Å². The molecule has 1 amide bonds. The molecule has 2 aromatic heterocycles. The molecule has 5 rings (SSSR count). The van der Waals surface area contributed by atoms with Gasteiger partial charge in [-0.25, -0.2) is 4.98 Å². The molecule has 0 radical (unpaired) electrons. The van der Waals surface area contributed by atoms with Gasteiger partial charge < -0.3 is 23.9 Å². The Hall–Kier alpha value is -4.99. The molecule has 0 saturated carbocycles. The molecule has 222 valence electrons. The topological polar surface area (TPSA) is 74.1 Å². The number of aromatic nitrogens is 2. The van der Waals surface area contributed by atoms with E-state index in [9.17, 15) is 18.0 Å². The number of hydrogen-bond donors (Lipinski definition) is 1. The monoisotopic (exact) mass is 589 g/mol. The maximum Gasteiger partial charge on any atom is 0.416 e. The number of alkyl halides is 3. The van der Waals surface area contributed by atoms with Gasteiger partial charge in [0.2, 0.25) is 5.91 Å². The van der Waals surface area contributed by atoms with E-state index in [2.05, 4.69) is 10.3 Å². The SMILES string of the molecule is COc1cc(OC)cc(C(CC(=O)NCc2cccc(C(F)(F)F)c2)c2cnc3c(OCc4ccccc4)cccn23)c1. The number of pyridine rings is 1. The van der Waals surface area contributed by atoms with Gasteiger partial charge in [0.15, 0.2) is 11.4 Å². The number of nitrogens with one attached hydrogen (secondary N) is 1. The highest BCUT2D eigenvalue weighted by Crippen LogP contribution is 2.35. The first-order chi connectivity index (χ1) is 20.7. The summed E-state index contributed by atoms with van der Waals surface area (Å²) in [6, 6.07) is 23.7. The first-order valence-corrected chi connectivity index (χ1v) is 13.5. The Kier molecular flexibility index (Phi) is 8.85. The van der Waals surface area contributed by atoms with Crippen molar-refractivity contribution < 1.29 is 32.2 Å². The first-order valence-electron chi connectivity index (χ1n) is 13.5. The quantitative estimate of drug-likeness (QED) is 0.184. The molecular weight excluding hydrogens is 559 g/mol. The third-order valence-electron chi connectivity index (χ3n) is 7.03.